The van der Waals surface area contributed by atoms with Crippen molar-refractivity contribution in [3.8, 4) is 0 Å². The van der Waals surface area contributed by atoms with Gasteiger partial charge in [0.1, 0.15) is 0 Å². The van der Waals surface area contributed by atoms with Crippen molar-refractivity contribution in [1.82, 2.24) is 4.90 Å². The van der Waals surface area contributed by atoms with Crippen molar-refractivity contribution in [2.45, 2.75) is 25.9 Å². The SMILES string of the molecule is CC1CC(N)CN(Cc2cc(Cl)ccc2[N+](=O)[O-])C1. The number of benzene rings is 1. The zero-order chi connectivity index (χ0) is 14.0. The van der Waals surface area contributed by atoms with E-state index in [2.05, 4.69) is 11.8 Å². The lowest BCUT2D eigenvalue weighted by atomic mass is 9.96. The normalized spacial score (nSPS) is 24.4. The Labute approximate surface area is 117 Å². The molecule has 0 bridgehead atoms. The van der Waals surface area contributed by atoms with Crippen LogP contribution < -0.4 is 5.73 Å². The van der Waals surface area contributed by atoms with Crippen LogP contribution in [-0.2, 0) is 6.54 Å². The van der Waals surface area contributed by atoms with Gasteiger partial charge in [-0.15, -0.1) is 0 Å². The minimum atomic E-state index is -0.362. The first-order valence-electron chi connectivity index (χ1n) is 6.36. The van der Waals surface area contributed by atoms with E-state index in [0.29, 0.717) is 23.0 Å². The number of nitrogens with two attached hydrogens (primary N) is 1. The third kappa shape index (κ3) is 3.65. The van der Waals surface area contributed by atoms with Gasteiger partial charge in [0.15, 0.2) is 0 Å². The van der Waals surface area contributed by atoms with E-state index in [9.17, 15) is 10.1 Å². The molecule has 104 valence electrons. The van der Waals surface area contributed by atoms with Gasteiger partial charge in [-0.2, -0.15) is 0 Å². The van der Waals surface area contributed by atoms with Gasteiger partial charge >= 0.3 is 0 Å². The van der Waals surface area contributed by atoms with Crippen molar-refractivity contribution in [2.75, 3.05) is 13.1 Å². The maximum absolute atomic E-state index is 11.0. The minimum Gasteiger partial charge on any atom is -0.327 e. The van der Waals surface area contributed by atoms with E-state index in [-0.39, 0.29) is 16.7 Å². The summed E-state index contributed by atoms with van der Waals surface area (Å²) in [6.45, 7) is 4.36. The molecule has 0 aromatic heterocycles. The fourth-order valence-electron chi connectivity index (χ4n) is 2.74. The van der Waals surface area contributed by atoms with E-state index >= 15 is 0 Å². The standard InChI is InChI=1S/C13H18ClN3O2/c1-9-4-12(15)8-16(6-9)7-10-5-11(14)2-3-13(10)17(18)19/h2-3,5,9,12H,4,6-8,15H2,1H3. The lowest BCUT2D eigenvalue weighted by molar-refractivity contribution is -0.385. The first-order chi connectivity index (χ1) is 8.95. The highest BCUT2D eigenvalue weighted by Crippen LogP contribution is 2.26. The molecule has 1 saturated heterocycles. The Kier molecular flexibility index (Phi) is 4.39. The molecule has 2 N–H and O–H groups in total. The van der Waals surface area contributed by atoms with Crippen LogP contribution in [-0.4, -0.2) is 29.0 Å². The first kappa shape index (κ1) is 14.2. The highest BCUT2D eigenvalue weighted by molar-refractivity contribution is 6.30. The van der Waals surface area contributed by atoms with E-state index in [1.54, 1.807) is 12.1 Å². The molecule has 1 aliphatic rings. The van der Waals surface area contributed by atoms with Gasteiger partial charge in [0.05, 0.1) is 4.92 Å². The predicted octanol–water partition coefficient (Wildman–Crippen LogP) is 2.42. The van der Waals surface area contributed by atoms with Crippen molar-refractivity contribution in [3.05, 3.63) is 38.9 Å². The molecule has 2 rings (SSSR count). The fraction of sp³-hybridized carbons (Fsp3) is 0.538. The Morgan fingerprint density at radius 2 is 2.26 bits per heavy atom. The van der Waals surface area contributed by atoms with Crippen molar-refractivity contribution in [1.29, 1.82) is 0 Å². The smallest absolute Gasteiger partial charge is 0.273 e. The van der Waals surface area contributed by atoms with E-state index in [1.807, 2.05) is 0 Å². The maximum Gasteiger partial charge on any atom is 0.273 e. The number of nitrogens with zero attached hydrogens (tertiary/aromatic N) is 2. The molecular weight excluding hydrogens is 266 g/mol. The van der Waals surface area contributed by atoms with Crippen LogP contribution in [0.4, 0.5) is 5.69 Å². The summed E-state index contributed by atoms with van der Waals surface area (Å²) in [6.07, 6.45) is 1.01. The van der Waals surface area contributed by atoms with Crippen LogP contribution in [0.15, 0.2) is 18.2 Å². The zero-order valence-corrected chi connectivity index (χ0v) is 11.6. The van der Waals surface area contributed by atoms with Gasteiger partial charge in [0.25, 0.3) is 5.69 Å². The summed E-state index contributed by atoms with van der Waals surface area (Å²) >= 11 is 5.93. The summed E-state index contributed by atoms with van der Waals surface area (Å²) in [6, 6.07) is 4.82. The Morgan fingerprint density at radius 3 is 2.89 bits per heavy atom. The lowest BCUT2D eigenvalue weighted by Crippen LogP contribution is -2.45. The number of rotatable bonds is 3. The van der Waals surface area contributed by atoms with E-state index in [1.165, 1.54) is 6.07 Å². The molecule has 6 heteroatoms. The number of piperidine rings is 1. The molecule has 2 unspecified atom stereocenters. The monoisotopic (exact) mass is 283 g/mol. The summed E-state index contributed by atoms with van der Waals surface area (Å²) in [5, 5.41) is 11.5. The fourth-order valence-corrected chi connectivity index (χ4v) is 2.94. The minimum absolute atomic E-state index is 0.121. The second kappa shape index (κ2) is 5.86. The van der Waals surface area contributed by atoms with Gasteiger partial charge in [0, 0.05) is 42.3 Å². The van der Waals surface area contributed by atoms with Crippen LogP contribution in [0.1, 0.15) is 18.9 Å². The summed E-state index contributed by atoms with van der Waals surface area (Å²) in [5.41, 5.74) is 6.77. The van der Waals surface area contributed by atoms with Crippen LogP contribution in [0.2, 0.25) is 5.02 Å². The molecule has 19 heavy (non-hydrogen) atoms. The third-order valence-corrected chi connectivity index (χ3v) is 3.63. The quantitative estimate of drug-likeness (QED) is 0.683. The molecule has 1 aromatic carbocycles. The summed E-state index contributed by atoms with van der Waals surface area (Å²) in [7, 11) is 0. The predicted molar refractivity (Wildman–Crippen MR) is 75.1 cm³/mol. The first-order valence-corrected chi connectivity index (χ1v) is 6.74. The van der Waals surface area contributed by atoms with Crippen molar-refractivity contribution >= 4 is 17.3 Å². The second-order valence-electron chi connectivity index (χ2n) is 5.33. The molecule has 0 saturated carbocycles. The van der Waals surface area contributed by atoms with Crippen molar-refractivity contribution < 1.29 is 4.92 Å². The third-order valence-electron chi connectivity index (χ3n) is 3.40. The number of nitro benzene ring substituents is 1. The molecule has 1 heterocycles. The van der Waals surface area contributed by atoms with Crippen molar-refractivity contribution in [3.63, 3.8) is 0 Å². The second-order valence-corrected chi connectivity index (χ2v) is 5.76. The Hall–Kier alpha value is -1.17. The molecule has 0 amide bonds. The average Bonchev–Trinajstić information content (AvgIpc) is 2.26. The Bertz CT molecular complexity index is 471. The topological polar surface area (TPSA) is 72.4 Å². The zero-order valence-electron chi connectivity index (χ0n) is 10.9. The average molecular weight is 284 g/mol. The highest BCUT2D eigenvalue weighted by Gasteiger charge is 2.24. The van der Waals surface area contributed by atoms with Crippen LogP contribution in [0, 0.1) is 16.0 Å². The van der Waals surface area contributed by atoms with Gasteiger partial charge in [-0.05, 0) is 24.5 Å². The molecule has 1 aromatic rings. The number of halogens is 1. The number of hydrogen-bond donors (Lipinski definition) is 1. The van der Waals surface area contributed by atoms with E-state index < -0.39 is 0 Å². The van der Waals surface area contributed by atoms with Crippen LogP contribution in [0.5, 0.6) is 0 Å². The van der Waals surface area contributed by atoms with Crippen LogP contribution in [0.25, 0.3) is 0 Å². The summed E-state index contributed by atoms with van der Waals surface area (Å²) < 4.78 is 0. The van der Waals surface area contributed by atoms with Crippen LogP contribution >= 0.6 is 11.6 Å². The molecular formula is C13H18ClN3O2. The molecule has 5 nitrogen and oxygen atoms in total. The molecule has 0 radical (unpaired) electrons. The summed E-state index contributed by atoms with van der Waals surface area (Å²) in [4.78, 5) is 12.8. The number of hydrogen-bond acceptors (Lipinski definition) is 4. The lowest BCUT2D eigenvalue weighted by Gasteiger charge is -2.34. The van der Waals surface area contributed by atoms with E-state index in [4.69, 9.17) is 17.3 Å². The van der Waals surface area contributed by atoms with Gasteiger partial charge in [-0.3, -0.25) is 15.0 Å². The highest BCUT2D eigenvalue weighted by atomic mass is 35.5. The van der Waals surface area contributed by atoms with Crippen LogP contribution in [0.3, 0.4) is 0 Å². The summed E-state index contributed by atoms with van der Waals surface area (Å²) in [5.74, 6) is 0.516. The molecule has 2 atom stereocenters. The Morgan fingerprint density at radius 1 is 1.53 bits per heavy atom. The molecule has 0 spiro atoms. The molecule has 0 aliphatic carbocycles. The van der Waals surface area contributed by atoms with Gasteiger partial charge in [-0.25, -0.2) is 0 Å². The largest absolute Gasteiger partial charge is 0.327 e. The van der Waals surface area contributed by atoms with E-state index in [0.717, 1.165) is 19.5 Å². The van der Waals surface area contributed by atoms with Gasteiger partial charge in [0.2, 0.25) is 0 Å². The molecule has 1 aliphatic heterocycles. The molecule has 1 fully saturated rings. The maximum atomic E-state index is 11.0. The van der Waals surface area contributed by atoms with Gasteiger partial charge < -0.3 is 5.73 Å². The Balaban J connectivity index is 2.18. The van der Waals surface area contributed by atoms with Gasteiger partial charge in [-0.1, -0.05) is 18.5 Å². The number of nitro groups is 1. The van der Waals surface area contributed by atoms with Crippen molar-refractivity contribution in [2.24, 2.45) is 11.7 Å². The number of likely N-dealkylation sites (tertiary alicyclic amines) is 1.